The number of para-hydroxylation sites is 1. The number of carbonyl (C=O) groups is 1. The second-order valence-corrected chi connectivity index (χ2v) is 9.24. The predicted octanol–water partition coefficient (Wildman–Crippen LogP) is 6.41. The van der Waals surface area contributed by atoms with Crippen LogP contribution in [0.2, 0.25) is 0 Å². The lowest BCUT2D eigenvalue weighted by Gasteiger charge is -2.09. The molecule has 0 atom stereocenters. The van der Waals surface area contributed by atoms with E-state index in [0.717, 1.165) is 49.9 Å². The van der Waals surface area contributed by atoms with Gasteiger partial charge in [0.15, 0.2) is 5.82 Å². The zero-order chi connectivity index (χ0) is 24.6. The van der Waals surface area contributed by atoms with Gasteiger partial charge in [-0.15, -0.1) is 0 Å². The highest BCUT2D eigenvalue weighted by Crippen LogP contribution is 2.33. The largest absolute Gasteiger partial charge is 0.472 e. The van der Waals surface area contributed by atoms with E-state index in [2.05, 4.69) is 31.5 Å². The summed E-state index contributed by atoms with van der Waals surface area (Å²) in [5.41, 5.74) is 7.92. The summed E-state index contributed by atoms with van der Waals surface area (Å²) in [7, 11) is 0. The van der Waals surface area contributed by atoms with Crippen molar-refractivity contribution in [2.45, 2.75) is 20.3 Å². The van der Waals surface area contributed by atoms with E-state index < -0.39 is 0 Å². The molecular formula is C28H24N6O2. The van der Waals surface area contributed by atoms with Crippen molar-refractivity contribution in [2.24, 2.45) is 5.92 Å². The topological polar surface area (TPSA) is 112 Å². The maximum absolute atomic E-state index is 12.2. The molecule has 8 nitrogen and oxygen atoms in total. The number of rotatable bonds is 6. The summed E-state index contributed by atoms with van der Waals surface area (Å²) in [4.78, 5) is 24.9. The minimum absolute atomic E-state index is 0.0174. The van der Waals surface area contributed by atoms with Gasteiger partial charge >= 0.3 is 0 Å². The third-order valence-corrected chi connectivity index (χ3v) is 6.08. The Labute approximate surface area is 206 Å². The molecule has 4 heterocycles. The van der Waals surface area contributed by atoms with Crippen LogP contribution in [0.5, 0.6) is 0 Å². The number of furan rings is 1. The van der Waals surface area contributed by atoms with Crippen molar-refractivity contribution >= 4 is 33.5 Å². The van der Waals surface area contributed by atoms with Crippen LogP contribution in [-0.4, -0.2) is 31.1 Å². The SMILES string of the molecule is CC(C)CC(=O)Nc1cncc(-c2ccc3[nH]nc(-c4nc5c(-c6ccoc6)cccc5[nH]4)c3c2)c1. The van der Waals surface area contributed by atoms with Gasteiger partial charge in [0.25, 0.3) is 0 Å². The first kappa shape index (κ1) is 21.8. The second-order valence-electron chi connectivity index (χ2n) is 9.24. The number of nitrogens with one attached hydrogen (secondary N) is 3. The van der Waals surface area contributed by atoms with Crippen molar-refractivity contribution in [1.29, 1.82) is 0 Å². The van der Waals surface area contributed by atoms with E-state index in [1.807, 2.05) is 56.3 Å². The Bertz CT molecular complexity index is 1690. The van der Waals surface area contributed by atoms with Crippen LogP contribution in [0.3, 0.4) is 0 Å². The summed E-state index contributed by atoms with van der Waals surface area (Å²) >= 11 is 0. The number of imidazole rings is 1. The van der Waals surface area contributed by atoms with Gasteiger partial charge in [-0.3, -0.25) is 14.9 Å². The van der Waals surface area contributed by atoms with Gasteiger partial charge in [0.1, 0.15) is 5.69 Å². The molecule has 178 valence electrons. The van der Waals surface area contributed by atoms with Gasteiger partial charge in [-0.2, -0.15) is 5.10 Å². The van der Waals surface area contributed by atoms with E-state index in [9.17, 15) is 4.79 Å². The molecule has 6 aromatic rings. The van der Waals surface area contributed by atoms with Crippen LogP contribution in [0, 0.1) is 5.92 Å². The predicted molar refractivity (Wildman–Crippen MR) is 140 cm³/mol. The van der Waals surface area contributed by atoms with Gasteiger partial charge < -0.3 is 14.7 Å². The highest BCUT2D eigenvalue weighted by atomic mass is 16.3. The molecule has 0 aliphatic rings. The highest BCUT2D eigenvalue weighted by Gasteiger charge is 2.16. The van der Waals surface area contributed by atoms with Crippen LogP contribution in [0.4, 0.5) is 5.69 Å². The molecule has 0 saturated carbocycles. The molecule has 6 rings (SSSR count). The zero-order valence-corrected chi connectivity index (χ0v) is 19.9. The van der Waals surface area contributed by atoms with Gasteiger partial charge in [0, 0.05) is 34.7 Å². The smallest absolute Gasteiger partial charge is 0.224 e. The first-order chi connectivity index (χ1) is 17.5. The molecule has 0 unspecified atom stereocenters. The summed E-state index contributed by atoms with van der Waals surface area (Å²) in [6.45, 7) is 4.04. The molecule has 0 aliphatic heterocycles. The van der Waals surface area contributed by atoms with Crippen molar-refractivity contribution in [3.8, 4) is 33.8 Å². The molecule has 0 bridgehead atoms. The fourth-order valence-corrected chi connectivity index (χ4v) is 4.42. The molecule has 36 heavy (non-hydrogen) atoms. The normalized spacial score (nSPS) is 11.5. The van der Waals surface area contributed by atoms with E-state index >= 15 is 0 Å². The van der Waals surface area contributed by atoms with Crippen LogP contribution < -0.4 is 5.32 Å². The number of H-pyrrole nitrogens is 2. The first-order valence-corrected chi connectivity index (χ1v) is 11.8. The standard InChI is InChI=1S/C28H24N6O2/c1-16(2)10-25(35)30-20-11-19(13-29-14-20)17-6-7-23-22(12-17)27(34-33-23)28-31-24-5-3-4-21(26(24)32-28)18-8-9-36-15-18/h3-9,11-16H,10H2,1-2H3,(H,30,35)(H,31,32)(H,33,34). The van der Waals surface area contributed by atoms with Crippen molar-refractivity contribution in [3.05, 3.63) is 73.5 Å². The Morgan fingerprint density at radius 2 is 1.94 bits per heavy atom. The van der Waals surface area contributed by atoms with Crippen LogP contribution in [0.1, 0.15) is 20.3 Å². The lowest BCUT2D eigenvalue weighted by Crippen LogP contribution is -2.13. The molecule has 8 heteroatoms. The summed E-state index contributed by atoms with van der Waals surface area (Å²) in [6.07, 6.45) is 7.29. The van der Waals surface area contributed by atoms with Crippen molar-refractivity contribution < 1.29 is 9.21 Å². The molecule has 0 saturated heterocycles. The van der Waals surface area contributed by atoms with E-state index in [-0.39, 0.29) is 11.8 Å². The number of benzene rings is 2. The van der Waals surface area contributed by atoms with Crippen molar-refractivity contribution in [2.75, 3.05) is 5.32 Å². The van der Waals surface area contributed by atoms with Crippen LogP contribution in [0.25, 0.3) is 55.7 Å². The minimum atomic E-state index is -0.0174. The van der Waals surface area contributed by atoms with Gasteiger partial charge in [-0.05, 0) is 41.8 Å². The molecule has 3 N–H and O–H groups in total. The molecule has 0 spiro atoms. The zero-order valence-electron chi connectivity index (χ0n) is 19.9. The second kappa shape index (κ2) is 8.81. The maximum atomic E-state index is 12.2. The molecule has 0 radical (unpaired) electrons. The highest BCUT2D eigenvalue weighted by molar-refractivity contribution is 5.98. The van der Waals surface area contributed by atoms with Crippen LogP contribution in [-0.2, 0) is 4.79 Å². The number of fused-ring (bicyclic) bond motifs is 2. The van der Waals surface area contributed by atoms with Gasteiger partial charge in [-0.25, -0.2) is 4.98 Å². The monoisotopic (exact) mass is 476 g/mol. The van der Waals surface area contributed by atoms with Crippen molar-refractivity contribution in [3.63, 3.8) is 0 Å². The lowest BCUT2D eigenvalue weighted by atomic mass is 10.0. The third kappa shape index (κ3) is 4.02. The Morgan fingerprint density at radius 1 is 1.03 bits per heavy atom. The molecule has 0 aliphatic carbocycles. The number of hydrogen-bond donors (Lipinski definition) is 3. The third-order valence-electron chi connectivity index (χ3n) is 6.08. The molecule has 0 fully saturated rings. The van der Waals surface area contributed by atoms with E-state index in [1.54, 1.807) is 24.9 Å². The Morgan fingerprint density at radius 3 is 2.78 bits per heavy atom. The fraction of sp³-hybridized carbons (Fsp3) is 0.143. The lowest BCUT2D eigenvalue weighted by molar-refractivity contribution is -0.116. The Balaban J connectivity index is 1.38. The van der Waals surface area contributed by atoms with Crippen LogP contribution >= 0.6 is 0 Å². The number of aromatic amines is 2. The average Bonchev–Trinajstić information content (AvgIpc) is 3.62. The summed E-state index contributed by atoms with van der Waals surface area (Å²) in [5, 5.41) is 11.6. The fourth-order valence-electron chi connectivity index (χ4n) is 4.42. The van der Waals surface area contributed by atoms with Crippen LogP contribution in [0.15, 0.2) is 77.9 Å². The number of anilines is 1. The number of carbonyl (C=O) groups excluding carboxylic acids is 1. The van der Waals surface area contributed by atoms with Gasteiger partial charge in [0.05, 0.1) is 41.0 Å². The van der Waals surface area contributed by atoms with Gasteiger partial charge in [-0.1, -0.05) is 32.0 Å². The number of amides is 1. The first-order valence-electron chi connectivity index (χ1n) is 11.8. The summed E-state index contributed by atoms with van der Waals surface area (Å²) in [6, 6.07) is 15.9. The number of nitrogens with zero attached hydrogens (tertiary/aromatic N) is 3. The maximum Gasteiger partial charge on any atom is 0.224 e. The molecule has 2 aromatic carbocycles. The minimum Gasteiger partial charge on any atom is -0.472 e. The van der Waals surface area contributed by atoms with Crippen molar-refractivity contribution in [1.82, 2.24) is 25.1 Å². The van der Waals surface area contributed by atoms with Gasteiger partial charge in [0.2, 0.25) is 5.91 Å². The number of aromatic nitrogens is 5. The average molecular weight is 477 g/mol. The number of hydrogen-bond acceptors (Lipinski definition) is 5. The molecular weight excluding hydrogens is 452 g/mol. The molecule has 1 amide bonds. The quantitative estimate of drug-likeness (QED) is 0.257. The Kier molecular flexibility index (Phi) is 5.33. The van der Waals surface area contributed by atoms with E-state index in [1.165, 1.54) is 0 Å². The summed E-state index contributed by atoms with van der Waals surface area (Å²) < 4.78 is 5.27. The van der Waals surface area contributed by atoms with E-state index in [4.69, 9.17) is 9.40 Å². The number of pyridine rings is 1. The summed E-state index contributed by atoms with van der Waals surface area (Å²) in [5.74, 6) is 0.949. The van der Waals surface area contributed by atoms with E-state index in [0.29, 0.717) is 17.9 Å². The molecule has 4 aromatic heterocycles. The Hall–Kier alpha value is -4.72.